The van der Waals surface area contributed by atoms with Gasteiger partial charge in [-0.2, -0.15) is 0 Å². The summed E-state index contributed by atoms with van der Waals surface area (Å²) in [5.74, 6) is -0.625. The molecular formula is C22H30F2IN5O. The molecule has 9 heteroatoms. The number of aliphatic imine (C=N–C) groups is 1. The highest BCUT2D eigenvalue weighted by Crippen LogP contribution is 2.10. The standard InChI is InChI=1S/C22H29F2N5O.HI/c1-4-25-22(28-15-18-13-19(23)8-9-20(18)24)27-14-16-6-5-7-17(12-16)21(30)26-10-11-29(2)3;/h5-9,12-13H,4,10-11,14-15H2,1-3H3,(H,26,30)(H2,25,27,28);1H. The van der Waals surface area contributed by atoms with E-state index in [4.69, 9.17) is 0 Å². The number of nitrogens with one attached hydrogen (secondary N) is 3. The van der Waals surface area contributed by atoms with Crippen LogP contribution in [0.25, 0.3) is 0 Å². The molecule has 0 atom stereocenters. The average Bonchev–Trinajstić information content (AvgIpc) is 2.72. The molecule has 0 saturated heterocycles. The fraction of sp³-hybridized carbons (Fsp3) is 0.364. The first kappa shape index (κ1) is 26.8. The zero-order valence-corrected chi connectivity index (χ0v) is 20.4. The second-order valence-electron chi connectivity index (χ2n) is 7.04. The van der Waals surface area contributed by atoms with Gasteiger partial charge in [-0.05, 0) is 56.9 Å². The maximum Gasteiger partial charge on any atom is 0.251 e. The molecule has 0 aromatic heterocycles. The fourth-order valence-electron chi connectivity index (χ4n) is 2.68. The first-order chi connectivity index (χ1) is 14.4. The summed E-state index contributed by atoms with van der Waals surface area (Å²) in [6.45, 7) is 4.30. The number of hydrogen-bond donors (Lipinski definition) is 3. The predicted octanol–water partition coefficient (Wildman–Crippen LogP) is 3.13. The van der Waals surface area contributed by atoms with E-state index in [1.165, 1.54) is 0 Å². The summed E-state index contributed by atoms with van der Waals surface area (Å²) in [4.78, 5) is 18.8. The van der Waals surface area contributed by atoms with Crippen LogP contribution in [-0.4, -0.2) is 50.5 Å². The third-order valence-corrected chi connectivity index (χ3v) is 4.25. The number of guanidine groups is 1. The van der Waals surface area contributed by atoms with Crippen LogP contribution in [0, 0.1) is 11.6 Å². The van der Waals surface area contributed by atoms with Crippen LogP contribution >= 0.6 is 24.0 Å². The van der Waals surface area contributed by atoms with Crippen LogP contribution in [0.15, 0.2) is 47.5 Å². The van der Waals surface area contributed by atoms with Crippen molar-refractivity contribution in [1.82, 2.24) is 20.9 Å². The van der Waals surface area contributed by atoms with Gasteiger partial charge in [0, 0.05) is 37.3 Å². The molecule has 0 radical (unpaired) electrons. The van der Waals surface area contributed by atoms with E-state index in [-0.39, 0.29) is 42.0 Å². The Morgan fingerprint density at radius 1 is 1.06 bits per heavy atom. The predicted molar refractivity (Wildman–Crippen MR) is 131 cm³/mol. The lowest BCUT2D eigenvalue weighted by Gasteiger charge is -2.12. The van der Waals surface area contributed by atoms with Gasteiger partial charge < -0.3 is 20.9 Å². The Bertz CT molecular complexity index is 877. The summed E-state index contributed by atoms with van der Waals surface area (Å²) in [6.07, 6.45) is 0. The lowest BCUT2D eigenvalue weighted by atomic mass is 10.1. The molecule has 170 valence electrons. The third-order valence-electron chi connectivity index (χ3n) is 4.25. The van der Waals surface area contributed by atoms with Crippen molar-refractivity contribution in [3.8, 4) is 0 Å². The second-order valence-corrected chi connectivity index (χ2v) is 7.04. The first-order valence-electron chi connectivity index (χ1n) is 9.87. The number of carbonyl (C=O) groups excluding carboxylic acids is 1. The number of amides is 1. The average molecular weight is 545 g/mol. The zero-order valence-electron chi connectivity index (χ0n) is 18.0. The molecule has 2 aromatic rings. The summed E-state index contributed by atoms with van der Waals surface area (Å²) in [5.41, 5.74) is 1.66. The molecule has 6 nitrogen and oxygen atoms in total. The van der Waals surface area contributed by atoms with Crippen LogP contribution < -0.4 is 16.0 Å². The molecule has 0 bridgehead atoms. The van der Waals surface area contributed by atoms with Gasteiger partial charge in [-0.25, -0.2) is 13.8 Å². The number of carbonyl (C=O) groups is 1. The zero-order chi connectivity index (χ0) is 21.9. The van der Waals surface area contributed by atoms with Gasteiger partial charge in [0.1, 0.15) is 11.6 Å². The minimum Gasteiger partial charge on any atom is -0.357 e. The Hall–Kier alpha value is -2.27. The van der Waals surface area contributed by atoms with E-state index < -0.39 is 11.6 Å². The van der Waals surface area contributed by atoms with E-state index >= 15 is 0 Å². The number of benzene rings is 2. The van der Waals surface area contributed by atoms with Crippen molar-refractivity contribution in [2.45, 2.75) is 20.0 Å². The Labute approximate surface area is 199 Å². The van der Waals surface area contributed by atoms with Crippen LogP contribution in [-0.2, 0) is 13.1 Å². The SMILES string of the molecule is CCNC(=NCc1cccc(C(=O)NCCN(C)C)c1)NCc1cc(F)ccc1F.I. The van der Waals surface area contributed by atoms with Crippen molar-refractivity contribution in [1.29, 1.82) is 0 Å². The topological polar surface area (TPSA) is 68.8 Å². The van der Waals surface area contributed by atoms with Crippen LogP contribution in [0.2, 0.25) is 0 Å². The van der Waals surface area contributed by atoms with Crippen molar-refractivity contribution in [3.63, 3.8) is 0 Å². The maximum absolute atomic E-state index is 13.8. The molecule has 3 N–H and O–H groups in total. The molecule has 1 amide bonds. The number of halogens is 3. The largest absolute Gasteiger partial charge is 0.357 e. The molecule has 0 saturated carbocycles. The number of nitrogens with zero attached hydrogens (tertiary/aromatic N) is 2. The highest BCUT2D eigenvalue weighted by atomic mass is 127. The summed E-state index contributed by atoms with van der Waals surface area (Å²) < 4.78 is 27.1. The Morgan fingerprint density at radius 2 is 1.84 bits per heavy atom. The van der Waals surface area contributed by atoms with Gasteiger partial charge in [-0.15, -0.1) is 24.0 Å². The molecular weight excluding hydrogens is 515 g/mol. The first-order valence-corrected chi connectivity index (χ1v) is 9.87. The Kier molecular flexibility index (Phi) is 12.0. The highest BCUT2D eigenvalue weighted by Gasteiger charge is 2.07. The van der Waals surface area contributed by atoms with Gasteiger partial charge in [0.2, 0.25) is 0 Å². The third kappa shape index (κ3) is 9.60. The van der Waals surface area contributed by atoms with Gasteiger partial charge in [-0.3, -0.25) is 4.79 Å². The van der Waals surface area contributed by atoms with E-state index in [0.29, 0.717) is 31.2 Å². The molecule has 0 fully saturated rings. The molecule has 0 spiro atoms. The lowest BCUT2D eigenvalue weighted by Crippen LogP contribution is -2.37. The van der Waals surface area contributed by atoms with Crippen LogP contribution in [0.1, 0.15) is 28.4 Å². The molecule has 0 aliphatic rings. The van der Waals surface area contributed by atoms with Crippen molar-refractivity contribution >= 4 is 35.8 Å². The number of rotatable bonds is 9. The summed E-state index contributed by atoms with van der Waals surface area (Å²) >= 11 is 0. The van der Waals surface area contributed by atoms with E-state index in [2.05, 4.69) is 20.9 Å². The van der Waals surface area contributed by atoms with Gasteiger partial charge in [0.25, 0.3) is 5.91 Å². The van der Waals surface area contributed by atoms with Crippen LogP contribution in [0.3, 0.4) is 0 Å². The minimum absolute atomic E-state index is 0. The van der Waals surface area contributed by atoms with E-state index in [1.54, 1.807) is 12.1 Å². The molecule has 0 heterocycles. The molecule has 2 aromatic carbocycles. The van der Waals surface area contributed by atoms with Crippen LogP contribution in [0.4, 0.5) is 8.78 Å². The van der Waals surface area contributed by atoms with Crippen molar-refractivity contribution in [3.05, 3.63) is 70.8 Å². The summed E-state index contributed by atoms with van der Waals surface area (Å²) in [7, 11) is 3.90. The smallest absolute Gasteiger partial charge is 0.251 e. The minimum atomic E-state index is -0.490. The Balaban J connectivity index is 0.00000480. The molecule has 0 unspecified atom stereocenters. The number of likely N-dealkylation sites (N-methyl/N-ethyl adjacent to an activating group) is 1. The molecule has 0 aliphatic heterocycles. The molecule has 0 aliphatic carbocycles. The van der Waals surface area contributed by atoms with Crippen molar-refractivity contribution < 1.29 is 13.6 Å². The van der Waals surface area contributed by atoms with Gasteiger partial charge in [0.05, 0.1) is 6.54 Å². The monoisotopic (exact) mass is 545 g/mol. The van der Waals surface area contributed by atoms with E-state index in [1.807, 2.05) is 38.1 Å². The van der Waals surface area contributed by atoms with E-state index in [0.717, 1.165) is 30.3 Å². The lowest BCUT2D eigenvalue weighted by molar-refractivity contribution is 0.0951. The van der Waals surface area contributed by atoms with Crippen molar-refractivity contribution in [2.24, 2.45) is 4.99 Å². The molecule has 31 heavy (non-hydrogen) atoms. The van der Waals surface area contributed by atoms with Gasteiger partial charge in [-0.1, -0.05) is 12.1 Å². The number of hydrogen-bond acceptors (Lipinski definition) is 3. The fourth-order valence-corrected chi connectivity index (χ4v) is 2.68. The van der Waals surface area contributed by atoms with E-state index in [9.17, 15) is 13.6 Å². The maximum atomic E-state index is 13.8. The van der Waals surface area contributed by atoms with Gasteiger partial charge >= 0.3 is 0 Å². The second kappa shape index (κ2) is 13.9. The molecule has 2 rings (SSSR count). The highest BCUT2D eigenvalue weighted by molar-refractivity contribution is 14.0. The van der Waals surface area contributed by atoms with Gasteiger partial charge in [0.15, 0.2) is 5.96 Å². The summed E-state index contributed by atoms with van der Waals surface area (Å²) in [5, 5.41) is 8.95. The summed E-state index contributed by atoms with van der Waals surface area (Å²) in [6, 6.07) is 10.6. The van der Waals surface area contributed by atoms with Crippen LogP contribution in [0.5, 0.6) is 0 Å². The quantitative estimate of drug-likeness (QED) is 0.258. The van der Waals surface area contributed by atoms with Crippen molar-refractivity contribution in [2.75, 3.05) is 33.7 Å². The normalized spacial score (nSPS) is 11.1. The Morgan fingerprint density at radius 3 is 2.55 bits per heavy atom.